The smallest absolute Gasteiger partial charge is 0.410 e. The van der Waals surface area contributed by atoms with Gasteiger partial charge in [-0.1, -0.05) is 12.1 Å². The number of piperazine rings is 1. The Balaban J connectivity index is 1.53. The summed E-state index contributed by atoms with van der Waals surface area (Å²) < 4.78 is 12.9. The van der Waals surface area contributed by atoms with Crippen molar-refractivity contribution in [1.82, 2.24) is 24.6 Å². The lowest BCUT2D eigenvalue weighted by molar-refractivity contribution is 0.0240. The van der Waals surface area contributed by atoms with Gasteiger partial charge in [0.15, 0.2) is 5.65 Å². The van der Waals surface area contributed by atoms with Crippen molar-refractivity contribution >= 4 is 34.5 Å². The number of benzene rings is 1. The van der Waals surface area contributed by atoms with Gasteiger partial charge < -0.3 is 19.3 Å². The van der Waals surface area contributed by atoms with Crippen LogP contribution >= 0.6 is 11.6 Å². The molecule has 1 fully saturated rings. The molecule has 0 aliphatic carbocycles. The molecule has 1 aliphatic heterocycles. The predicted molar refractivity (Wildman–Crippen MR) is 127 cm³/mol. The van der Waals surface area contributed by atoms with Crippen molar-refractivity contribution in [3.8, 4) is 5.75 Å². The number of amides is 1. The summed E-state index contributed by atoms with van der Waals surface area (Å²) in [4.78, 5) is 25.1. The van der Waals surface area contributed by atoms with Crippen LogP contribution < -0.4 is 9.64 Å². The van der Waals surface area contributed by atoms with Gasteiger partial charge in [0.05, 0.1) is 24.7 Å². The molecule has 0 radical (unpaired) electrons. The molecule has 1 aliphatic rings. The fourth-order valence-corrected chi connectivity index (χ4v) is 3.93. The number of nitrogens with zero attached hydrogens (tertiary/aromatic N) is 6. The number of hydrogen-bond acceptors (Lipinski definition) is 7. The number of rotatable bonds is 5. The van der Waals surface area contributed by atoms with Gasteiger partial charge in [0.1, 0.15) is 17.2 Å². The summed E-state index contributed by atoms with van der Waals surface area (Å²) in [5.74, 6) is 1.55. The molecule has 10 heteroatoms. The molecule has 1 aromatic carbocycles. The molecule has 0 unspecified atom stereocenters. The minimum Gasteiger partial charge on any atom is -0.494 e. The van der Waals surface area contributed by atoms with E-state index in [1.54, 1.807) is 11.1 Å². The molecule has 3 aromatic rings. The van der Waals surface area contributed by atoms with Gasteiger partial charge in [0.25, 0.3) is 0 Å². The monoisotopic (exact) mass is 472 g/mol. The van der Waals surface area contributed by atoms with Crippen molar-refractivity contribution in [3.63, 3.8) is 0 Å². The fraction of sp³-hybridized carbons (Fsp3) is 0.478. The van der Waals surface area contributed by atoms with Crippen LogP contribution in [0.25, 0.3) is 11.0 Å². The largest absolute Gasteiger partial charge is 0.494 e. The molecule has 176 valence electrons. The number of hydrogen-bond donors (Lipinski definition) is 0. The highest BCUT2D eigenvalue weighted by molar-refractivity contribution is 6.28. The minimum absolute atomic E-state index is 0.164. The van der Waals surface area contributed by atoms with Gasteiger partial charge in [-0.2, -0.15) is 15.1 Å². The highest BCUT2D eigenvalue weighted by atomic mass is 35.5. The Morgan fingerprint density at radius 2 is 1.91 bits per heavy atom. The van der Waals surface area contributed by atoms with E-state index in [2.05, 4.69) is 20.0 Å². The topological polar surface area (TPSA) is 85.6 Å². The maximum Gasteiger partial charge on any atom is 0.410 e. The Labute approximate surface area is 198 Å². The number of halogens is 1. The van der Waals surface area contributed by atoms with Crippen molar-refractivity contribution in [2.45, 2.75) is 39.8 Å². The molecule has 0 atom stereocenters. The number of aromatic nitrogens is 4. The van der Waals surface area contributed by atoms with E-state index in [-0.39, 0.29) is 11.4 Å². The molecule has 0 bridgehead atoms. The Kier molecular flexibility index (Phi) is 6.60. The third kappa shape index (κ3) is 5.47. The van der Waals surface area contributed by atoms with Gasteiger partial charge in [-0.25, -0.2) is 9.48 Å². The molecule has 1 saturated heterocycles. The second-order valence-electron chi connectivity index (χ2n) is 8.89. The normalized spacial score (nSPS) is 14.6. The van der Waals surface area contributed by atoms with Gasteiger partial charge in [0.2, 0.25) is 5.28 Å². The summed E-state index contributed by atoms with van der Waals surface area (Å²) in [7, 11) is 0. The summed E-state index contributed by atoms with van der Waals surface area (Å²) in [5, 5.41) is 5.54. The number of anilines is 1. The Morgan fingerprint density at radius 1 is 1.15 bits per heavy atom. The van der Waals surface area contributed by atoms with Gasteiger partial charge in [-0.3, -0.25) is 0 Å². The zero-order valence-electron chi connectivity index (χ0n) is 19.4. The maximum atomic E-state index is 12.4. The SMILES string of the molecule is CCOc1cccc(Cn2ncc3c(N4CCN(C(=O)OC(C)(C)C)CC4)nc(Cl)nc32)c1. The van der Waals surface area contributed by atoms with Crippen LogP contribution in [-0.2, 0) is 11.3 Å². The van der Waals surface area contributed by atoms with Crippen molar-refractivity contribution < 1.29 is 14.3 Å². The van der Waals surface area contributed by atoms with Crippen LogP contribution in [0.2, 0.25) is 5.28 Å². The van der Waals surface area contributed by atoms with E-state index >= 15 is 0 Å². The summed E-state index contributed by atoms with van der Waals surface area (Å²) >= 11 is 6.30. The molecular formula is C23H29ClN6O3. The quantitative estimate of drug-likeness (QED) is 0.519. The van der Waals surface area contributed by atoms with Crippen LogP contribution in [0.4, 0.5) is 10.6 Å². The van der Waals surface area contributed by atoms with Crippen LogP contribution in [0, 0.1) is 0 Å². The lowest BCUT2D eigenvalue weighted by Gasteiger charge is -2.36. The summed E-state index contributed by atoms with van der Waals surface area (Å²) in [6.45, 7) is 11.0. The van der Waals surface area contributed by atoms with Crippen LogP contribution in [0.1, 0.15) is 33.3 Å². The van der Waals surface area contributed by atoms with Crippen molar-refractivity contribution in [3.05, 3.63) is 41.3 Å². The van der Waals surface area contributed by atoms with Gasteiger partial charge >= 0.3 is 6.09 Å². The van der Waals surface area contributed by atoms with Crippen molar-refractivity contribution in [2.75, 3.05) is 37.7 Å². The van der Waals surface area contributed by atoms with Crippen molar-refractivity contribution in [2.24, 2.45) is 0 Å². The molecule has 0 spiro atoms. The minimum atomic E-state index is -0.517. The zero-order valence-corrected chi connectivity index (χ0v) is 20.2. The summed E-state index contributed by atoms with van der Waals surface area (Å²) in [6.07, 6.45) is 1.48. The van der Waals surface area contributed by atoms with E-state index in [1.807, 2.05) is 56.6 Å². The predicted octanol–water partition coefficient (Wildman–Crippen LogP) is 3.98. The Bertz CT molecular complexity index is 1130. The molecule has 1 amide bonds. The molecule has 2 aromatic heterocycles. The number of ether oxygens (including phenoxy) is 2. The van der Waals surface area contributed by atoms with E-state index < -0.39 is 5.60 Å². The third-order valence-electron chi connectivity index (χ3n) is 5.22. The number of carbonyl (C=O) groups excluding carboxylic acids is 1. The first-order chi connectivity index (χ1) is 15.7. The second kappa shape index (κ2) is 9.43. The molecule has 3 heterocycles. The number of fused-ring (bicyclic) bond motifs is 1. The molecule has 33 heavy (non-hydrogen) atoms. The van der Waals surface area contributed by atoms with E-state index in [9.17, 15) is 4.79 Å². The van der Waals surface area contributed by atoms with Crippen LogP contribution in [0.3, 0.4) is 0 Å². The van der Waals surface area contributed by atoms with Crippen LogP contribution in [0.5, 0.6) is 5.75 Å². The molecular weight excluding hydrogens is 444 g/mol. The highest BCUT2D eigenvalue weighted by Crippen LogP contribution is 2.27. The van der Waals surface area contributed by atoms with E-state index in [4.69, 9.17) is 21.1 Å². The second-order valence-corrected chi connectivity index (χ2v) is 9.23. The Hall–Kier alpha value is -3.07. The first-order valence-electron chi connectivity index (χ1n) is 11.1. The maximum absolute atomic E-state index is 12.4. The van der Waals surface area contributed by atoms with Gasteiger partial charge in [-0.05, 0) is 57.0 Å². The van der Waals surface area contributed by atoms with Gasteiger partial charge in [-0.15, -0.1) is 0 Å². The van der Waals surface area contributed by atoms with Gasteiger partial charge in [0, 0.05) is 26.2 Å². The zero-order chi connectivity index (χ0) is 23.6. The van der Waals surface area contributed by atoms with E-state index in [0.29, 0.717) is 45.0 Å². The summed E-state index contributed by atoms with van der Waals surface area (Å²) in [5.41, 5.74) is 1.20. The van der Waals surface area contributed by atoms with Crippen LogP contribution in [0.15, 0.2) is 30.5 Å². The van der Waals surface area contributed by atoms with Crippen molar-refractivity contribution in [1.29, 1.82) is 0 Å². The lowest BCUT2D eigenvalue weighted by Crippen LogP contribution is -2.50. The first-order valence-corrected chi connectivity index (χ1v) is 11.4. The molecule has 0 N–H and O–H groups in total. The number of carbonyl (C=O) groups is 1. The fourth-order valence-electron chi connectivity index (χ4n) is 3.77. The third-order valence-corrected chi connectivity index (χ3v) is 5.39. The molecule has 0 saturated carbocycles. The Morgan fingerprint density at radius 3 is 2.61 bits per heavy atom. The standard InChI is InChI=1S/C23H29ClN6O3/c1-5-32-17-8-6-7-16(13-17)15-30-20-18(14-25-30)19(26-21(24)27-20)28-9-11-29(12-10-28)22(31)33-23(2,3)4/h6-8,13-14H,5,9-12,15H2,1-4H3. The lowest BCUT2D eigenvalue weighted by atomic mass is 10.2. The first kappa shape index (κ1) is 23.1. The molecule has 9 nitrogen and oxygen atoms in total. The van der Waals surface area contributed by atoms with E-state index in [1.165, 1.54) is 0 Å². The average molecular weight is 473 g/mol. The highest BCUT2D eigenvalue weighted by Gasteiger charge is 2.28. The average Bonchev–Trinajstić information content (AvgIpc) is 3.15. The van der Waals surface area contributed by atoms with E-state index in [0.717, 1.165) is 22.5 Å². The summed E-state index contributed by atoms with van der Waals surface area (Å²) in [6, 6.07) is 7.91. The van der Waals surface area contributed by atoms with Crippen LogP contribution in [-0.4, -0.2) is 69.1 Å². The molecule has 4 rings (SSSR count).